The highest BCUT2D eigenvalue weighted by Crippen LogP contribution is 2.29. The van der Waals surface area contributed by atoms with Gasteiger partial charge in [-0.05, 0) is 26.0 Å². The molecule has 0 atom stereocenters. The van der Waals surface area contributed by atoms with E-state index >= 15 is 0 Å². The molecule has 110 valence electrons. The largest absolute Gasteiger partial charge is 0.496 e. The van der Waals surface area contributed by atoms with Gasteiger partial charge in [-0.15, -0.1) is 0 Å². The van der Waals surface area contributed by atoms with Gasteiger partial charge in [0.2, 0.25) is 0 Å². The van der Waals surface area contributed by atoms with E-state index in [4.69, 9.17) is 4.74 Å². The normalized spacial score (nSPS) is 10.2. The molecule has 0 unspecified atom stereocenters. The van der Waals surface area contributed by atoms with Crippen molar-refractivity contribution >= 4 is 5.91 Å². The third-order valence-electron chi connectivity index (χ3n) is 3.45. The summed E-state index contributed by atoms with van der Waals surface area (Å²) in [5.41, 5.74) is 2.41. The minimum atomic E-state index is 0.00393. The maximum absolute atomic E-state index is 12.4. The maximum Gasteiger partial charge on any atom is 0.255 e. The zero-order valence-corrected chi connectivity index (χ0v) is 12.7. The van der Waals surface area contributed by atoms with Crippen LogP contribution in [0.25, 0.3) is 11.1 Å². The van der Waals surface area contributed by atoms with Crippen LogP contribution >= 0.6 is 0 Å². The Morgan fingerprint density at radius 1 is 1.19 bits per heavy atom. The highest BCUT2D eigenvalue weighted by molar-refractivity contribution is 5.95. The molecular formula is C17H20N2O2. The van der Waals surface area contributed by atoms with Crippen molar-refractivity contribution < 1.29 is 9.53 Å². The molecule has 0 saturated heterocycles. The van der Waals surface area contributed by atoms with Gasteiger partial charge in [0.15, 0.2) is 0 Å². The number of hydrogen-bond acceptors (Lipinski definition) is 3. The van der Waals surface area contributed by atoms with Gasteiger partial charge < -0.3 is 9.64 Å². The van der Waals surface area contributed by atoms with Crippen LogP contribution in [0.15, 0.2) is 42.7 Å². The van der Waals surface area contributed by atoms with Crippen molar-refractivity contribution in [1.29, 1.82) is 0 Å². The smallest absolute Gasteiger partial charge is 0.255 e. The van der Waals surface area contributed by atoms with Crippen LogP contribution in [-0.4, -0.2) is 36.0 Å². The molecule has 0 spiro atoms. The number of amides is 1. The lowest BCUT2D eigenvalue weighted by molar-refractivity contribution is 0.0772. The molecule has 2 rings (SSSR count). The van der Waals surface area contributed by atoms with Gasteiger partial charge in [0.05, 0.1) is 12.7 Å². The lowest BCUT2D eigenvalue weighted by atomic mass is 10.0. The van der Waals surface area contributed by atoms with E-state index < -0.39 is 0 Å². The van der Waals surface area contributed by atoms with Crippen LogP contribution in [0.5, 0.6) is 5.75 Å². The van der Waals surface area contributed by atoms with Crippen LogP contribution in [-0.2, 0) is 0 Å². The second kappa shape index (κ2) is 6.88. The standard InChI is InChI=1S/C17H20N2O2/c1-4-19(5-2)17(20)14-10-13(11-18-12-14)15-8-6-7-9-16(15)21-3/h6-12H,4-5H2,1-3H3. The number of nitrogens with zero attached hydrogens (tertiary/aromatic N) is 2. The average molecular weight is 284 g/mol. The minimum Gasteiger partial charge on any atom is -0.496 e. The molecule has 1 heterocycles. The molecule has 1 aromatic carbocycles. The summed E-state index contributed by atoms with van der Waals surface area (Å²) in [4.78, 5) is 18.4. The molecule has 21 heavy (non-hydrogen) atoms. The van der Waals surface area contributed by atoms with Gasteiger partial charge in [-0.1, -0.05) is 18.2 Å². The van der Waals surface area contributed by atoms with Gasteiger partial charge in [0.25, 0.3) is 5.91 Å². The first kappa shape index (κ1) is 15.0. The third-order valence-corrected chi connectivity index (χ3v) is 3.45. The van der Waals surface area contributed by atoms with Crippen LogP contribution in [0, 0.1) is 0 Å². The number of methoxy groups -OCH3 is 1. The summed E-state index contributed by atoms with van der Waals surface area (Å²) < 4.78 is 5.37. The maximum atomic E-state index is 12.4. The van der Waals surface area contributed by atoms with Gasteiger partial charge in [0, 0.05) is 36.6 Å². The summed E-state index contributed by atoms with van der Waals surface area (Å²) in [6.07, 6.45) is 3.36. The van der Waals surface area contributed by atoms with Crippen LogP contribution in [0.4, 0.5) is 0 Å². The Hall–Kier alpha value is -2.36. The molecule has 0 fully saturated rings. The number of pyridine rings is 1. The molecule has 0 saturated carbocycles. The number of carbonyl (C=O) groups excluding carboxylic acids is 1. The number of para-hydroxylation sites is 1. The molecule has 1 aromatic heterocycles. The van der Waals surface area contributed by atoms with Gasteiger partial charge in [-0.2, -0.15) is 0 Å². The fraction of sp³-hybridized carbons (Fsp3) is 0.294. The van der Waals surface area contributed by atoms with Crippen molar-refractivity contribution in [2.45, 2.75) is 13.8 Å². The molecular weight excluding hydrogens is 264 g/mol. The van der Waals surface area contributed by atoms with Crippen molar-refractivity contribution in [3.05, 3.63) is 48.3 Å². The molecule has 4 nitrogen and oxygen atoms in total. The average Bonchev–Trinajstić information content (AvgIpc) is 2.56. The molecule has 0 N–H and O–H groups in total. The van der Waals surface area contributed by atoms with Gasteiger partial charge >= 0.3 is 0 Å². The summed E-state index contributed by atoms with van der Waals surface area (Å²) in [6, 6.07) is 9.58. The molecule has 1 amide bonds. The second-order valence-corrected chi connectivity index (χ2v) is 4.64. The minimum absolute atomic E-state index is 0.00393. The second-order valence-electron chi connectivity index (χ2n) is 4.64. The molecule has 4 heteroatoms. The molecule has 0 aliphatic heterocycles. The summed E-state index contributed by atoms with van der Waals surface area (Å²) in [7, 11) is 1.64. The van der Waals surface area contributed by atoms with Crippen LogP contribution in [0.2, 0.25) is 0 Å². The predicted molar refractivity (Wildman–Crippen MR) is 83.5 cm³/mol. The fourth-order valence-corrected chi connectivity index (χ4v) is 2.28. The molecule has 0 bridgehead atoms. The van der Waals surface area contributed by atoms with Crippen molar-refractivity contribution in [1.82, 2.24) is 9.88 Å². The Morgan fingerprint density at radius 2 is 1.90 bits per heavy atom. The first-order valence-corrected chi connectivity index (χ1v) is 7.09. The van der Waals surface area contributed by atoms with E-state index in [0.29, 0.717) is 18.7 Å². The number of hydrogen-bond donors (Lipinski definition) is 0. The monoisotopic (exact) mass is 284 g/mol. The van der Waals surface area contributed by atoms with Crippen molar-refractivity contribution in [2.24, 2.45) is 0 Å². The van der Waals surface area contributed by atoms with E-state index in [9.17, 15) is 4.79 Å². The van der Waals surface area contributed by atoms with Crippen molar-refractivity contribution in [3.8, 4) is 16.9 Å². The number of aromatic nitrogens is 1. The van der Waals surface area contributed by atoms with E-state index in [-0.39, 0.29) is 5.91 Å². The van der Waals surface area contributed by atoms with E-state index in [1.54, 1.807) is 24.4 Å². The van der Waals surface area contributed by atoms with Crippen LogP contribution in [0.3, 0.4) is 0 Å². The molecule has 2 aromatic rings. The Kier molecular flexibility index (Phi) is 4.93. The highest BCUT2D eigenvalue weighted by Gasteiger charge is 2.14. The Bertz CT molecular complexity index is 622. The van der Waals surface area contributed by atoms with Crippen molar-refractivity contribution in [2.75, 3.05) is 20.2 Å². The Balaban J connectivity index is 2.40. The SMILES string of the molecule is CCN(CC)C(=O)c1cncc(-c2ccccc2OC)c1. The van der Waals surface area contributed by atoms with E-state index in [1.165, 1.54) is 0 Å². The van der Waals surface area contributed by atoms with E-state index in [0.717, 1.165) is 16.9 Å². The van der Waals surface area contributed by atoms with Gasteiger partial charge in [-0.25, -0.2) is 0 Å². The van der Waals surface area contributed by atoms with Crippen LogP contribution < -0.4 is 4.74 Å². The summed E-state index contributed by atoms with van der Waals surface area (Å²) in [5.74, 6) is 0.774. The summed E-state index contributed by atoms with van der Waals surface area (Å²) in [5, 5.41) is 0. The highest BCUT2D eigenvalue weighted by atomic mass is 16.5. The number of carbonyl (C=O) groups is 1. The quantitative estimate of drug-likeness (QED) is 0.846. The summed E-state index contributed by atoms with van der Waals surface area (Å²) >= 11 is 0. The lowest BCUT2D eigenvalue weighted by Crippen LogP contribution is -2.30. The van der Waals surface area contributed by atoms with Crippen LogP contribution in [0.1, 0.15) is 24.2 Å². The van der Waals surface area contributed by atoms with E-state index in [1.807, 2.05) is 44.2 Å². The topological polar surface area (TPSA) is 42.4 Å². The number of rotatable bonds is 5. The lowest BCUT2D eigenvalue weighted by Gasteiger charge is -2.18. The first-order valence-electron chi connectivity index (χ1n) is 7.09. The predicted octanol–water partition coefficient (Wildman–Crippen LogP) is 3.24. The molecule has 0 aliphatic carbocycles. The zero-order chi connectivity index (χ0) is 15.2. The zero-order valence-electron chi connectivity index (χ0n) is 12.7. The van der Waals surface area contributed by atoms with Crippen molar-refractivity contribution in [3.63, 3.8) is 0 Å². The summed E-state index contributed by atoms with van der Waals surface area (Å²) in [6.45, 7) is 5.32. The Labute approximate surface area is 125 Å². The first-order chi connectivity index (χ1) is 10.2. The number of ether oxygens (including phenoxy) is 1. The number of benzene rings is 1. The van der Waals surface area contributed by atoms with E-state index in [2.05, 4.69) is 4.98 Å². The molecule has 0 aliphatic rings. The van der Waals surface area contributed by atoms with Gasteiger partial charge in [0.1, 0.15) is 5.75 Å². The van der Waals surface area contributed by atoms with Gasteiger partial charge in [-0.3, -0.25) is 9.78 Å². The third kappa shape index (κ3) is 3.21. The molecule has 0 radical (unpaired) electrons. The Morgan fingerprint density at radius 3 is 2.57 bits per heavy atom. The fourth-order valence-electron chi connectivity index (χ4n) is 2.28.